The van der Waals surface area contributed by atoms with Crippen LogP contribution in [-0.4, -0.2) is 33.9 Å². The van der Waals surface area contributed by atoms with E-state index in [0.717, 1.165) is 6.29 Å². The molecule has 0 saturated heterocycles. The van der Waals surface area contributed by atoms with Crippen LogP contribution in [-0.2, 0) is 9.47 Å². The van der Waals surface area contributed by atoms with Crippen molar-refractivity contribution in [2.24, 2.45) is 0 Å². The number of hydrogen-bond donors (Lipinski definition) is 0. The fraction of sp³-hybridized carbons (Fsp3) is 0.417. The first kappa shape index (κ1) is 14.6. The Morgan fingerprint density at radius 2 is 1.69 bits per heavy atom. The van der Waals surface area contributed by atoms with Crippen molar-refractivity contribution in [1.29, 1.82) is 0 Å². The average Bonchev–Trinajstić information content (AvgIpc) is 2.38. The van der Waals surface area contributed by atoms with Gasteiger partial charge in [0.25, 0.3) is 0 Å². The number of rotatable bonds is 4. The topological polar surface area (TPSA) is 44.8 Å². The van der Waals surface area contributed by atoms with Crippen molar-refractivity contribution in [3.8, 4) is 5.75 Å². The quantitative estimate of drug-likeness (QED) is 0.582. The summed E-state index contributed by atoms with van der Waals surface area (Å²) in [6, 6.07) is 7.09. The zero-order chi connectivity index (χ0) is 12.4. The molecule has 0 unspecified atom stereocenters. The number of benzene rings is 1. The summed E-state index contributed by atoms with van der Waals surface area (Å²) in [5.74, 6) is 0.623. The predicted molar refractivity (Wildman–Crippen MR) is 61.9 cm³/mol. The van der Waals surface area contributed by atoms with Gasteiger partial charge >= 0.3 is 0 Å². The molecule has 0 aromatic heterocycles. The van der Waals surface area contributed by atoms with Crippen molar-refractivity contribution < 1.29 is 19.0 Å². The van der Waals surface area contributed by atoms with Crippen molar-refractivity contribution in [2.45, 2.75) is 13.2 Å². The van der Waals surface area contributed by atoms with Gasteiger partial charge in [-0.05, 0) is 19.1 Å². The fourth-order valence-electron chi connectivity index (χ4n) is 0.860. The van der Waals surface area contributed by atoms with Crippen LogP contribution in [0.5, 0.6) is 5.75 Å². The van der Waals surface area contributed by atoms with Crippen LogP contribution in [0.15, 0.2) is 24.3 Å². The van der Waals surface area contributed by atoms with Crippen LogP contribution < -0.4 is 4.74 Å². The van der Waals surface area contributed by atoms with Crippen molar-refractivity contribution in [2.75, 3.05) is 21.3 Å². The number of carbonyl (C=O) groups excluding carboxylic acids is 1. The number of para-hydroxylation sites is 1. The molecule has 0 radical (unpaired) electrons. The van der Waals surface area contributed by atoms with Crippen LogP contribution in [0.2, 0.25) is 0 Å². The van der Waals surface area contributed by atoms with Gasteiger partial charge in [-0.15, -0.1) is 0 Å². The van der Waals surface area contributed by atoms with Crippen LogP contribution in [0.25, 0.3) is 0 Å². The third kappa shape index (κ3) is 5.48. The highest BCUT2D eigenvalue weighted by molar-refractivity contribution is 5.79. The highest BCUT2D eigenvalue weighted by atomic mass is 16.7. The molecule has 0 N–H and O–H groups in total. The summed E-state index contributed by atoms with van der Waals surface area (Å²) in [5, 5.41) is 0. The first-order valence-corrected chi connectivity index (χ1v) is 4.83. The lowest BCUT2D eigenvalue weighted by molar-refractivity contribution is -0.0877. The molecule has 4 nitrogen and oxygen atoms in total. The average molecular weight is 226 g/mol. The Morgan fingerprint density at radius 1 is 1.12 bits per heavy atom. The summed E-state index contributed by atoms with van der Waals surface area (Å²) in [6.07, 6.45) is 0.712. The molecule has 1 rings (SSSR count). The van der Waals surface area contributed by atoms with E-state index in [4.69, 9.17) is 4.74 Å². The highest BCUT2D eigenvalue weighted by Gasteiger charge is 1.96. The van der Waals surface area contributed by atoms with E-state index in [0.29, 0.717) is 11.3 Å². The second kappa shape index (κ2) is 8.88. The SMILES string of the molecule is COC(C)OC.COc1ccccc1C=O. The molecule has 0 bridgehead atoms. The lowest BCUT2D eigenvalue weighted by Crippen LogP contribution is -2.05. The van der Waals surface area contributed by atoms with Crippen molar-refractivity contribution in [3.05, 3.63) is 29.8 Å². The molecule has 90 valence electrons. The molecule has 0 atom stereocenters. The van der Waals surface area contributed by atoms with Gasteiger partial charge in [0.1, 0.15) is 5.75 Å². The molecule has 16 heavy (non-hydrogen) atoms. The smallest absolute Gasteiger partial charge is 0.154 e. The molecule has 0 aliphatic carbocycles. The molecule has 0 aliphatic heterocycles. The monoisotopic (exact) mass is 226 g/mol. The van der Waals surface area contributed by atoms with E-state index in [-0.39, 0.29) is 6.29 Å². The zero-order valence-electron chi connectivity index (χ0n) is 10.1. The third-order valence-electron chi connectivity index (χ3n) is 1.93. The van der Waals surface area contributed by atoms with Gasteiger partial charge < -0.3 is 14.2 Å². The molecule has 0 spiro atoms. The minimum absolute atomic E-state index is 0.0648. The van der Waals surface area contributed by atoms with Crippen LogP contribution in [0.4, 0.5) is 0 Å². The highest BCUT2D eigenvalue weighted by Crippen LogP contribution is 2.13. The first-order valence-electron chi connectivity index (χ1n) is 4.83. The second-order valence-electron chi connectivity index (χ2n) is 2.90. The number of methoxy groups -OCH3 is 3. The van der Waals surface area contributed by atoms with Gasteiger partial charge in [0, 0.05) is 14.2 Å². The normalized spacial score (nSPS) is 9.31. The van der Waals surface area contributed by atoms with Gasteiger partial charge in [-0.2, -0.15) is 0 Å². The van der Waals surface area contributed by atoms with Crippen LogP contribution in [0, 0.1) is 0 Å². The molecular formula is C12H18O4. The molecule has 0 fully saturated rings. The van der Waals surface area contributed by atoms with Crippen molar-refractivity contribution >= 4 is 6.29 Å². The third-order valence-corrected chi connectivity index (χ3v) is 1.93. The Balaban J connectivity index is 0.000000325. The van der Waals surface area contributed by atoms with Gasteiger partial charge in [-0.1, -0.05) is 12.1 Å². The van der Waals surface area contributed by atoms with Gasteiger partial charge in [-0.25, -0.2) is 0 Å². The summed E-state index contributed by atoms with van der Waals surface area (Å²) < 4.78 is 14.3. The Bertz CT molecular complexity index is 295. The minimum Gasteiger partial charge on any atom is -0.496 e. The predicted octanol–water partition coefficient (Wildman–Crippen LogP) is 2.13. The Hall–Kier alpha value is -1.39. The maximum Gasteiger partial charge on any atom is 0.154 e. The van der Waals surface area contributed by atoms with Gasteiger partial charge in [0.2, 0.25) is 0 Å². The van der Waals surface area contributed by atoms with Crippen molar-refractivity contribution in [3.63, 3.8) is 0 Å². The standard InChI is InChI=1S/C8H8O2.C4H10O2/c1-10-8-5-3-2-4-7(8)6-9;1-4(5-2)6-3/h2-6H,1H3;4H,1-3H3. The summed E-state index contributed by atoms with van der Waals surface area (Å²) in [7, 11) is 4.75. The number of ether oxygens (including phenoxy) is 3. The number of aldehydes is 1. The van der Waals surface area contributed by atoms with Gasteiger partial charge in [-0.3, -0.25) is 4.79 Å². The minimum atomic E-state index is -0.0648. The van der Waals surface area contributed by atoms with Crippen LogP contribution in [0.3, 0.4) is 0 Å². The Morgan fingerprint density at radius 3 is 2.00 bits per heavy atom. The van der Waals surface area contributed by atoms with Crippen molar-refractivity contribution in [1.82, 2.24) is 0 Å². The first-order chi connectivity index (χ1) is 7.69. The maximum absolute atomic E-state index is 10.3. The lowest BCUT2D eigenvalue weighted by atomic mass is 10.2. The summed E-state index contributed by atoms with van der Waals surface area (Å²) in [6.45, 7) is 1.83. The maximum atomic E-state index is 10.3. The molecule has 0 saturated carbocycles. The molecule has 0 heterocycles. The zero-order valence-corrected chi connectivity index (χ0v) is 10.1. The fourth-order valence-corrected chi connectivity index (χ4v) is 0.860. The number of hydrogen-bond acceptors (Lipinski definition) is 4. The van der Waals surface area contributed by atoms with E-state index in [9.17, 15) is 4.79 Å². The Kier molecular flexibility index (Phi) is 8.11. The molecule has 0 amide bonds. The van der Waals surface area contributed by atoms with Crippen LogP contribution >= 0.6 is 0 Å². The van der Waals surface area contributed by atoms with Crippen LogP contribution in [0.1, 0.15) is 17.3 Å². The van der Waals surface area contributed by atoms with Gasteiger partial charge in [0.15, 0.2) is 12.6 Å². The summed E-state index contributed by atoms with van der Waals surface area (Å²) in [4.78, 5) is 10.3. The summed E-state index contributed by atoms with van der Waals surface area (Å²) >= 11 is 0. The Labute approximate surface area is 96.1 Å². The van der Waals surface area contributed by atoms with E-state index < -0.39 is 0 Å². The second-order valence-corrected chi connectivity index (χ2v) is 2.90. The number of carbonyl (C=O) groups is 1. The summed E-state index contributed by atoms with van der Waals surface area (Å²) in [5.41, 5.74) is 0.588. The molecule has 4 heteroatoms. The van der Waals surface area contributed by atoms with Gasteiger partial charge in [0.05, 0.1) is 12.7 Å². The largest absolute Gasteiger partial charge is 0.496 e. The molecule has 1 aromatic carbocycles. The lowest BCUT2D eigenvalue weighted by Gasteiger charge is -2.03. The van der Waals surface area contributed by atoms with E-state index >= 15 is 0 Å². The molecule has 0 aliphatic rings. The van der Waals surface area contributed by atoms with E-state index in [1.165, 1.54) is 0 Å². The molecular weight excluding hydrogens is 208 g/mol. The van der Waals surface area contributed by atoms with E-state index in [1.807, 2.05) is 13.0 Å². The molecule has 1 aromatic rings. The van der Waals surface area contributed by atoms with E-state index in [2.05, 4.69) is 9.47 Å². The van der Waals surface area contributed by atoms with E-state index in [1.54, 1.807) is 39.5 Å².